The minimum absolute atomic E-state index is 0.0284. The number of nitrogens with zero attached hydrogens (tertiary/aromatic N) is 1. The maximum atomic E-state index is 13.0. The Morgan fingerprint density at radius 2 is 1.75 bits per heavy atom. The first-order valence-electron chi connectivity index (χ1n) is 7.81. The highest BCUT2D eigenvalue weighted by molar-refractivity contribution is 7.89. The molecule has 0 aliphatic heterocycles. The third-order valence-corrected chi connectivity index (χ3v) is 5.56. The Kier molecular flexibility index (Phi) is 6.20. The fourth-order valence-corrected chi connectivity index (χ4v) is 3.33. The number of hydrazine groups is 1. The summed E-state index contributed by atoms with van der Waals surface area (Å²) in [5.41, 5.74) is 2.96. The summed E-state index contributed by atoms with van der Waals surface area (Å²) in [6.07, 6.45) is -4.61. The maximum absolute atomic E-state index is 13.0. The molecule has 152 valence electrons. The monoisotopic (exact) mass is 417 g/mol. The molecule has 11 heteroatoms. The van der Waals surface area contributed by atoms with Crippen LogP contribution >= 0.6 is 0 Å². The molecule has 7 nitrogen and oxygen atoms in total. The molecule has 0 radical (unpaired) electrons. The maximum Gasteiger partial charge on any atom is 0.418 e. The fourth-order valence-electron chi connectivity index (χ4n) is 2.25. The lowest BCUT2D eigenvalue weighted by Gasteiger charge is -2.17. The van der Waals surface area contributed by atoms with Crippen molar-refractivity contribution in [3.05, 3.63) is 53.6 Å². The quantitative estimate of drug-likeness (QED) is 0.706. The third-order valence-electron chi connectivity index (χ3n) is 3.73. The molecule has 0 saturated carbocycles. The van der Waals surface area contributed by atoms with Gasteiger partial charge in [-0.2, -0.15) is 13.2 Å². The Labute approximate surface area is 160 Å². The van der Waals surface area contributed by atoms with Gasteiger partial charge < -0.3 is 4.74 Å². The molecule has 0 aliphatic carbocycles. The van der Waals surface area contributed by atoms with Gasteiger partial charge in [-0.25, -0.2) is 12.7 Å². The smallest absolute Gasteiger partial charge is 0.418 e. The lowest BCUT2D eigenvalue weighted by atomic mass is 10.2. The van der Waals surface area contributed by atoms with Gasteiger partial charge in [0.1, 0.15) is 10.6 Å². The number of para-hydroxylation sites is 1. The van der Waals surface area contributed by atoms with Crippen molar-refractivity contribution in [1.29, 1.82) is 0 Å². The molecule has 0 heterocycles. The molecule has 2 rings (SSSR count). The van der Waals surface area contributed by atoms with Crippen molar-refractivity contribution in [3.8, 4) is 5.75 Å². The van der Waals surface area contributed by atoms with E-state index in [1.54, 1.807) is 0 Å². The molecule has 0 atom stereocenters. The number of alkyl halides is 3. The number of sulfonamides is 1. The largest absolute Gasteiger partial charge is 0.495 e. The topological polar surface area (TPSA) is 87.7 Å². The zero-order valence-corrected chi connectivity index (χ0v) is 16.0. The normalized spacial score (nSPS) is 12.0. The van der Waals surface area contributed by atoms with E-state index < -0.39 is 27.7 Å². The minimum atomic E-state index is -4.61. The lowest BCUT2D eigenvalue weighted by molar-refractivity contribution is -0.137. The molecular formula is C17H18F3N3O4S. The summed E-state index contributed by atoms with van der Waals surface area (Å²) in [7, 11) is 0.000697. The highest BCUT2D eigenvalue weighted by Gasteiger charge is 2.33. The van der Waals surface area contributed by atoms with Crippen LogP contribution in [0.25, 0.3) is 0 Å². The van der Waals surface area contributed by atoms with E-state index in [4.69, 9.17) is 4.74 Å². The number of nitrogens with one attached hydrogen (secondary N) is 2. The van der Waals surface area contributed by atoms with Gasteiger partial charge in [0.15, 0.2) is 0 Å². The van der Waals surface area contributed by atoms with Crippen molar-refractivity contribution in [2.75, 3.05) is 26.6 Å². The Morgan fingerprint density at radius 3 is 2.32 bits per heavy atom. The SMILES string of the molecule is COc1ccc(C(=O)NNc2ccccc2C(F)(F)F)cc1S(=O)(=O)N(C)C. The van der Waals surface area contributed by atoms with Crippen molar-refractivity contribution < 1.29 is 31.1 Å². The molecule has 0 fully saturated rings. The molecule has 2 aromatic rings. The van der Waals surface area contributed by atoms with Crippen LogP contribution in [0.4, 0.5) is 18.9 Å². The summed E-state index contributed by atoms with van der Waals surface area (Å²) in [6.45, 7) is 0. The molecule has 2 aromatic carbocycles. The Bertz CT molecular complexity index is 976. The second-order valence-corrected chi connectivity index (χ2v) is 7.90. The van der Waals surface area contributed by atoms with Crippen LogP contribution < -0.4 is 15.6 Å². The fraction of sp³-hybridized carbons (Fsp3) is 0.235. The van der Waals surface area contributed by atoms with Crippen LogP contribution in [0.15, 0.2) is 47.4 Å². The van der Waals surface area contributed by atoms with Gasteiger partial charge in [-0.15, -0.1) is 0 Å². The third kappa shape index (κ3) is 4.54. The summed E-state index contributed by atoms with van der Waals surface area (Å²) < 4.78 is 69.8. The van der Waals surface area contributed by atoms with Crippen molar-refractivity contribution in [3.63, 3.8) is 0 Å². The van der Waals surface area contributed by atoms with Crippen LogP contribution in [0, 0.1) is 0 Å². The van der Waals surface area contributed by atoms with E-state index in [1.165, 1.54) is 45.5 Å². The number of carbonyl (C=O) groups excluding carboxylic acids is 1. The van der Waals surface area contributed by atoms with E-state index in [0.29, 0.717) is 0 Å². The molecule has 0 aromatic heterocycles. The second kappa shape index (κ2) is 8.07. The van der Waals surface area contributed by atoms with E-state index in [1.807, 2.05) is 0 Å². The zero-order valence-electron chi connectivity index (χ0n) is 15.2. The molecule has 0 spiro atoms. The van der Waals surface area contributed by atoms with Crippen LogP contribution in [0.5, 0.6) is 5.75 Å². The number of rotatable bonds is 6. The van der Waals surface area contributed by atoms with Crippen LogP contribution in [-0.4, -0.2) is 39.8 Å². The van der Waals surface area contributed by atoms with Gasteiger partial charge in [0, 0.05) is 19.7 Å². The molecule has 1 amide bonds. The van der Waals surface area contributed by atoms with Crippen molar-refractivity contribution >= 4 is 21.6 Å². The van der Waals surface area contributed by atoms with Crippen LogP contribution in [0.3, 0.4) is 0 Å². The van der Waals surface area contributed by atoms with Crippen LogP contribution in [0.2, 0.25) is 0 Å². The van der Waals surface area contributed by atoms with Gasteiger partial charge in [-0.3, -0.25) is 15.6 Å². The van der Waals surface area contributed by atoms with Gasteiger partial charge >= 0.3 is 6.18 Å². The number of carbonyl (C=O) groups is 1. The number of halogens is 3. The summed E-state index contributed by atoms with van der Waals surface area (Å²) in [5.74, 6) is -0.796. The predicted molar refractivity (Wildman–Crippen MR) is 96.4 cm³/mol. The number of hydrogen-bond donors (Lipinski definition) is 2. The highest BCUT2D eigenvalue weighted by Crippen LogP contribution is 2.34. The van der Waals surface area contributed by atoms with Gasteiger partial charge in [0.25, 0.3) is 5.91 Å². The Morgan fingerprint density at radius 1 is 1.11 bits per heavy atom. The van der Waals surface area contributed by atoms with Gasteiger partial charge in [0.05, 0.1) is 18.4 Å². The molecule has 28 heavy (non-hydrogen) atoms. The Hall–Kier alpha value is -2.79. The Balaban J connectivity index is 2.30. The first-order chi connectivity index (χ1) is 13.0. The van der Waals surface area contributed by atoms with Gasteiger partial charge in [-0.05, 0) is 30.3 Å². The number of benzene rings is 2. The summed E-state index contributed by atoms with van der Waals surface area (Å²) >= 11 is 0. The van der Waals surface area contributed by atoms with Gasteiger partial charge in [0.2, 0.25) is 10.0 Å². The summed E-state index contributed by atoms with van der Waals surface area (Å²) in [6, 6.07) is 8.27. The number of methoxy groups -OCH3 is 1. The zero-order chi connectivity index (χ0) is 21.1. The number of amides is 1. The van der Waals surface area contributed by atoms with Crippen LogP contribution in [-0.2, 0) is 16.2 Å². The van der Waals surface area contributed by atoms with Crippen LogP contribution in [0.1, 0.15) is 15.9 Å². The van der Waals surface area contributed by atoms with E-state index >= 15 is 0 Å². The number of anilines is 1. The molecular weight excluding hydrogens is 399 g/mol. The van der Waals surface area contributed by atoms with E-state index in [0.717, 1.165) is 22.5 Å². The molecule has 0 unspecified atom stereocenters. The average molecular weight is 417 g/mol. The van der Waals surface area contributed by atoms with Crippen molar-refractivity contribution in [2.24, 2.45) is 0 Å². The van der Waals surface area contributed by atoms with Crippen molar-refractivity contribution in [1.82, 2.24) is 9.73 Å². The van der Waals surface area contributed by atoms with Crippen molar-refractivity contribution in [2.45, 2.75) is 11.1 Å². The molecule has 0 bridgehead atoms. The molecule has 2 N–H and O–H groups in total. The number of hydrogen-bond acceptors (Lipinski definition) is 5. The highest BCUT2D eigenvalue weighted by atomic mass is 32.2. The predicted octanol–water partition coefficient (Wildman–Crippen LogP) is 2.72. The van der Waals surface area contributed by atoms with E-state index in [-0.39, 0.29) is 21.9 Å². The minimum Gasteiger partial charge on any atom is -0.495 e. The van der Waals surface area contributed by atoms with E-state index in [2.05, 4.69) is 10.9 Å². The van der Waals surface area contributed by atoms with E-state index in [9.17, 15) is 26.4 Å². The standard InChI is InChI=1S/C17H18F3N3O4S/c1-23(2)28(25,26)15-10-11(8-9-14(15)27-3)16(24)22-21-13-7-5-4-6-12(13)17(18,19)20/h4-10,21H,1-3H3,(H,22,24). The average Bonchev–Trinajstić information content (AvgIpc) is 2.64. The summed E-state index contributed by atoms with van der Waals surface area (Å²) in [4.78, 5) is 12.1. The first kappa shape index (κ1) is 21.5. The van der Waals surface area contributed by atoms with Gasteiger partial charge in [-0.1, -0.05) is 12.1 Å². The summed E-state index contributed by atoms with van der Waals surface area (Å²) in [5, 5.41) is 0. The lowest BCUT2D eigenvalue weighted by Crippen LogP contribution is -2.31. The molecule has 0 saturated heterocycles. The number of ether oxygens (including phenoxy) is 1. The second-order valence-electron chi connectivity index (χ2n) is 5.78. The molecule has 0 aliphatic rings. The first-order valence-corrected chi connectivity index (χ1v) is 9.25.